The fraction of sp³-hybridized carbons (Fsp3) is 0.853. The van der Waals surface area contributed by atoms with Crippen molar-refractivity contribution in [1.82, 2.24) is 5.32 Å². The maximum Gasteiger partial charge on any atom is 0.472 e. The Morgan fingerprint density at radius 1 is 0.729 bits per heavy atom. The maximum absolute atomic E-state index is 12.8. The van der Waals surface area contributed by atoms with Gasteiger partial charge in [-0.3, -0.25) is 13.8 Å². The second-order valence-electron chi connectivity index (χ2n) is 12.9. The summed E-state index contributed by atoms with van der Waals surface area (Å²) in [5.41, 5.74) is 0. The van der Waals surface area contributed by atoms with Crippen LogP contribution in [-0.2, 0) is 18.4 Å². The third-order valence-electron chi connectivity index (χ3n) is 8.54. The van der Waals surface area contributed by atoms with Gasteiger partial charge in [-0.1, -0.05) is 109 Å². The van der Waals surface area contributed by atoms with Crippen LogP contribution in [0, 0.1) is 0 Å². The molecule has 0 bridgehead atoms. The quantitative estimate of drug-likeness (QED) is 0.0340. The fourth-order valence-electron chi connectivity index (χ4n) is 5.49. The van der Waals surface area contributed by atoms with Crippen molar-refractivity contribution < 1.29 is 59.0 Å². The largest absolute Gasteiger partial charge is 0.472 e. The summed E-state index contributed by atoms with van der Waals surface area (Å²) in [6.07, 6.45) is 9.04. The lowest BCUT2D eigenvalue weighted by atomic mass is 9.85. The van der Waals surface area contributed by atoms with E-state index in [0.717, 1.165) is 51.4 Å². The van der Waals surface area contributed by atoms with Crippen LogP contribution in [0.3, 0.4) is 0 Å². The van der Waals surface area contributed by atoms with Crippen LogP contribution >= 0.6 is 7.82 Å². The summed E-state index contributed by atoms with van der Waals surface area (Å²) in [6.45, 7) is 3.58. The molecule has 0 aromatic rings. The van der Waals surface area contributed by atoms with Crippen molar-refractivity contribution in [2.24, 2.45) is 0 Å². The molecule has 0 heterocycles. The summed E-state index contributed by atoms with van der Waals surface area (Å²) < 4.78 is 22.6. The molecular weight excluding hydrogens is 645 g/mol. The first-order valence-electron chi connectivity index (χ1n) is 17.9. The lowest BCUT2D eigenvalue weighted by Gasteiger charge is -2.41. The molecule has 1 amide bonds. The molecule has 9 N–H and O–H groups in total. The van der Waals surface area contributed by atoms with Gasteiger partial charge in [0.15, 0.2) is 0 Å². The van der Waals surface area contributed by atoms with E-state index in [1.807, 2.05) is 0 Å². The van der Waals surface area contributed by atoms with Crippen molar-refractivity contribution in [3.8, 4) is 0 Å². The van der Waals surface area contributed by atoms with Gasteiger partial charge in [-0.15, -0.1) is 0 Å². The zero-order valence-electron chi connectivity index (χ0n) is 28.9. The summed E-state index contributed by atoms with van der Waals surface area (Å²) in [5.74, 6) is -0.611. The van der Waals surface area contributed by atoms with Gasteiger partial charge in [0.2, 0.25) is 5.91 Å². The predicted molar refractivity (Wildman–Crippen MR) is 183 cm³/mol. The normalized spacial score (nSPS) is 26.5. The summed E-state index contributed by atoms with van der Waals surface area (Å²) in [6, 6.07) is -1.25. The molecule has 0 aliphatic heterocycles. The average molecular weight is 710 g/mol. The van der Waals surface area contributed by atoms with Crippen molar-refractivity contribution in [3.05, 3.63) is 24.3 Å². The topological polar surface area (TPSA) is 226 Å². The van der Waals surface area contributed by atoms with E-state index in [9.17, 15) is 50.0 Å². The smallest absolute Gasteiger partial charge is 0.393 e. The Bertz CT molecular complexity index is 937. The van der Waals surface area contributed by atoms with E-state index in [1.165, 1.54) is 44.6 Å². The molecule has 1 aliphatic carbocycles. The van der Waals surface area contributed by atoms with Gasteiger partial charge in [0.1, 0.15) is 36.6 Å². The Morgan fingerprint density at radius 2 is 1.23 bits per heavy atom. The molecule has 0 saturated heterocycles. The van der Waals surface area contributed by atoms with Gasteiger partial charge in [0.05, 0.1) is 31.3 Å². The zero-order chi connectivity index (χ0) is 36.0. The Balaban J connectivity index is 2.76. The number of carbonyl (C=O) groups is 1. The molecule has 0 radical (unpaired) electrons. The number of aliphatic hydroxyl groups is 7. The number of phosphoric acid groups is 1. The van der Waals surface area contributed by atoms with Crippen LogP contribution in [0.15, 0.2) is 24.3 Å². The number of hydrogen-bond donors (Lipinski definition) is 9. The number of aliphatic hydroxyl groups excluding tert-OH is 7. The van der Waals surface area contributed by atoms with E-state index in [2.05, 4.69) is 31.3 Å². The minimum absolute atomic E-state index is 0.252. The predicted octanol–water partition coefficient (Wildman–Crippen LogP) is 3.30. The number of amides is 1. The molecule has 1 fully saturated rings. The third kappa shape index (κ3) is 18.7. The Labute approximate surface area is 286 Å². The van der Waals surface area contributed by atoms with E-state index in [0.29, 0.717) is 12.8 Å². The average Bonchev–Trinajstić information content (AvgIpc) is 3.05. The van der Waals surface area contributed by atoms with E-state index >= 15 is 0 Å². The molecule has 1 saturated carbocycles. The summed E-state index contributed by atoms with van der Waals surface area (Å²) in [7, 11) is -5.13. The van der Waals surface area contributed by atoms with Gasteiger partial charge < -0.3 is 46.0 Å². The van der Waals surface area contributed by atoms with Crippen LogP contribution in [-0.4, -0.2) is 108 Å². The first-order valence-corrected chi connectivity index (χ1v) is 19.4. The highest BCUT2D eigenvalue weighted by molar-refractivity contribution is 7.47. The summed E-state index contributed by atoms with van der Waals surface area (Å²) in [5, 5.41) is 73.6. The van der Waals surface area contributed by atoms with Gasteiger partial charge in [0, 0.05) is 0 Å². The molecule has 1 rings (SSSR count). The monoisotopic (exact) mass is 709 g/mol. The lowest BCUT2D eigenvalue weighted by molar-refractivity contribution is -0.220. The molecule has 0 aromatic heterocycles. The highest BCUT2D eigenvalue weighted by Crippen LogP contribution is 2.47. The highest BCUT2D eigenvalue weighted by Gasteiger charge is 2.51. The van der Waals surface area contributed by atoms with Crippen LogP contribution in [0.5, 0.6) is 0 Å². The Hall–Kier alpha value is -1.22. The van der Waals surface area contributed by atoms with Crippen molar-refractivity contribution >= 4 is 13.7 Å². The van der Waals surface area contributed by atoms with Gasteiger partial charge in [-0.25, -0.2) is 4.57 Å². The second kappa shape index (κ2) is 25.7. The lowest BCUT2D eigenvalue weighted by Crippen LogP contribution is -2.64. The van der Waals surface area contributed by atoms with E-state index in [-0.39, 0.29) is 6.42 Å². The van der Waals surface area contributed by atoms with E-state index < -0.39 is 75.2 Å². The van der Waals surface area contributed by atoms with Gasteiger partial charge in [0.25, 0.3) is 0 Å². The fourth-order valence-corrected chi connectivity index (χ4v) is 6.46. The molecule has 8 atom stereocenters. The maximum atomic E-state index is 12.8. The Kier molecular flexibility index (Phi) is 24.0. The molecule has 0 spiro atoms. The van der Waals surface area contributed by atoms with Gasteiger partial charge >= 0.3 is 7.82 Å². The Morgan fingerprint density at radius 3 is 1.83 bits per heavy atom. The van der Waals surface area contributed by atoms with Gasteiger partial charge in [-0.05, 0) is 32.1 Å². The first-order chi connectivity index (χ1) is 22.8. The minimum Gasteiger partial charge on any atom is -0.393 e. The van der Waals surface area contributed by atoms with Crippen LogP contribution in [0.4, 0.5) is 0 Å². The number of unbranched alkanes of at least 4 members (excludes halogenated alkanes) is 12. The molecule has 282 valence electrons. The number of rotatable bonds is 27. The molecule has 8 unspecified atom stereocenters. The van der Waals surface area contributed by atoms with E-state index in [4.69, 9.17) is 9.05 Å². The summed E-state index contributed by atoms with van der Waals surface area (Å²) in [4.78, 5) is 23.1. The third-order valence-corrected chi connectivity index (χ3v) is 9.53. The molecule has 48 heavy (non-hydrogen) atoms. The van der Waals surface area contributed by atoms with Crippen molar-refractivity contribution in [2.45, 2.75) is 178 Å². The van der Waals surface area contributed by atoms with Crippen LogP contribution in [0.2, 0.25) is 0 Å². The highest BCUT2D eigenvalue weighted by atomic mass is 31.2. The van der Waals surface area contributed by atoms with Crippen molar-refractivity contribution in [3.63, 3.8) is 0 Å². The number of nitrogens with one attached hydrogen (secondary N) is 1. The molecule has 1 aliphatic rings. The molecule has 14 heteroatoms. The molecule has 13 nitrogen and oxygen atoms in total. The molecular formula is C34H64NO12P. The van der Waals surface area contributed by atoms with Crippen LogP contribution < -0.4 is 5.32 Å². The standard InChI is InChI=1S/C34H64NO12P/c1-3-5-7-9-11-12-13-14-16-18-20-22-27(37)26(35-28(38)23-25(36)21-19-17-15-10-8-6-4-2)24-46-48(44,45)47-34-32(42)30(40)29(39)31(41)33(34)43/h13-14,20,22,25-27,29-34,36-37,39-43H,3-12,15-19,21,23-24H2,1-2H3,(H,35,38)(H,44,45)/b14-13+,22-20+. The van der Waals surface area contributed by atoms with Crippen molar-refractivity contribution in [2.75, 3.05) is 6.61 Å². The zero-order valence-corrected chi connectivity index (χ0v) is 29.8. The first kappa shape index (κ1) is 44.8. The number of hydrogen-bond acceptors (Lipinski definition) is 11. The van der Waals surface area contributed by atoms with Crippen LogP contribution in [0.1, 0.15) is 123 Å². The second-order valence-corrected chi connectivity index (χ2v) is 14.3. The van der Waals surface area contributed by atoms with Crippen LogP contribution in [0.25, 0.3) is 0 Å². The summed E-state index contributed by atoms with van der Waals surface area (Å²) >= 11 is 0. The van der Waals surface area contributed by atoms with E-state index in [1.54, 1.807) is 6.08 Å². The SMILES string of the molecule is CCCCCCC/C=C/CC/C=C/C(O)C(COP(=O)(O)OC1C(O)C(O)C(O)C(O)C1O)NC(=O)CC(O)CCCCCCCCC. The number of phosphoric ester groups is 1. The van der Waals surface area contributed by atoms with Gasteiger partial charge in [-0.2, -0.15) is 0 Å². The number of carbonyl (C=O) groups excluding carboxylic acids is 1. The van der Waals surface area contributed by atoms with Crippen molar-refractivity contribution in [1.29, 1.82) is 0 Å². The molecule has 0 aromatic carbocycles. The number of allylic oxidation sites excluding steroid dienone is 3. The minimum atomic E-state index is -5.13.